The third kappa shape index (κ3) is 3.92. The van der Waals surface area contributed by atoms with Gasteiger partial charge in [0.2, 0.25) is 0 Å². The lowest BCUT2D eigenvalue weighted by atomic mass is 10.2. The van der Waals surface area contributed by atoms with E-state index in [0.717, 1.165) is 16.5 Å². The zero-order chi connectivity index (χ0) is 10.4. The van der Waals surface area contributed by atoms with E-state index < -0.39 is 0 Å². The molecule has 0 bridgehead atoms. The minimum atomic E-state index is 0.148. The predicted octanol–water partition coefficient (Wildman–Crippen LogP) is 3.48. The number of hydrogen-bond acceptors (Lipinski definition) is 2. The highest BCUT2D eigenvalue weighted by molar-refractivity contribution is 9.10. The van der Waals surface area contributed by atoms with Gasteiger partial charge in [0.05, 0.1) is 0 Å². The van der Waals surface area contributed by atoms with Gasteiger partial charge >= 0.3 is 0 Å². The SMILES string of the molecule is CCC(C)O/N=[C]/c1cccc(Br)c1. The topological polar surface area (TPSA) is 21.6 Å². The summed E-state index contributed by atoms with van der Waals surface area (Å²) in [6.07, 6.45) is 3.92. The van der Waals surface area contributed by atoms with Crippen LogP contribution in [-0.2, 0) is 4.84 Å². The van der Waals surface area contributed by atoms with Crippen molar-refractivity contribution in [1.82, 2.24) is 0 Å². The summed E-state index contributed by atoms with van der Waals surface area (Å²) in [5, 5.41) is 3.78. The van der Waals surface area contributed by atoms with Crippen molar-refractivity contribution in [3.8, 4) is 0 Å². The van der Waals surface area contributed by atoms with E-state index >= 15 is 0 Å². The van der Waals surface area contributed by atoms with E-state index in [4.69, 9.17) is 4.84 Å². The molecule has 0 aliphatic carbocycles. The molecule has 14 heavy (non-hydrogen) atoms. The van der Waals surface area contributed by atoms with Gasteiger partial charge < -0.3 is 4.84 Å². The van der Waals surface area contributed by atoms with Crippen molar-refractivity contribution in [2.24, 2.45) is 5.16 Å². The molecule has 0 spiro atoms. The van der Waals surface area contributed by atoms with Crippen LogP contribution in [0.25, 0.3) is 0 Å². The first-order chi connectivity index (χ1) is 6.72. The Morgan fingerprint density at radius 2 is 2.36 bits per heavy atom. The molecule has 1 aromatic rings. The molecule has 0 aliphatic rings. The summed E-state index contributed by atoms with van der Waals surface area (Å²) in [5.74, 6) is 0. The quantitative estimate of drug-likeness (QED) is 0.596. The zero-order valence-electron chi connectivity index (χ0n) is 8.33. The molecule has 0 amide bonds. The van der Waals surface area contributed by atoms with Gasteiger partial charge in [-0.25, -0.2) is 0 Å². The lowest BCUT2D eigenvalue weighted by Crippen LogP contribution is -2.01. The van der Waals surface area contributed by atoms with Gasteiger partial charge in [-0.15, -0.1) is 0 Å². The largest absolute Gasteiger partial charge is 0.392 e. The predicted molar refractivity (Wildman–Crippen MR) is 61.5 cm³/mol. The van der Waals surface area contributed by atoms with E-state index in [9.17, 15) is 0 Å². The molecule has 0 fully saturated rings. The first-order valence-electron chi connectivity index (χ1n) is 4.59. The molecule has 3 heteroatoms. The Balaban J connectivity index is 2.51. The molecule has 0 aromatic heterocycles. The van der Waals surface area contributed by atoms with Gasteiger partial charge in [-0.3, -0.25) is 0 Å². The normalized spacial score (nSPS) is 13.1. The van der Waals surface area contributed by atoms with Crippen molar-refractivity contribution in [3.05, 3.63) is 34.3 Å². The van der Waals surface area contributed by atoms with Crippen LogP contribution in [-0.4, -0.2) is 12.3 Å². The van der Waals surface area contributed by atoms with E-state index in [1.165, 1.54) is 0 Å². The molecule has 1 aromatic carbocycles. The highest BCUT2D eigenvalue weighted by atomic mass is 79.9. The molecule has 0 heterocycles. The average Bonchev–Trinajstić information content (AvgIpc) is 2.17. The third-order valence-corrected chi connectivity index (χ3v) is 2.30. The summed E-state index contributed by atoms with van der Waals surface area (Å²) >= 11 is 3.37. The Labute approximate surface area is 93.1 Å². The van der Waals surface area contributed by atoms with Crippen LogP contribution in [0.15, 0.2) is 33.9 Å². The van der Waals surface area contributed by atoms with Crippen LogP contribution in [0.2, 0.25) is 0 Å². The Morgan fingerprint density at radius 1 is 1.57 bits per heavy atom. The van der Waals surface area contributed by atoms with Crippen LogP contribution in [0, 0.1) is 0 Å². The van der Waals surface area contributed by atoms with E-state index in [1.807, 2.05) is 31.2 Å². The molecule has 1 radical (unpaired) electrons. The second kappa shape index (κ2) is 5.81. The number of rotatable bonds is 4. The Kier molecular flexibility index (Phi) is 4.66. The first-order valence-corrected chi connectivity index (χ1v) is 5.39. The fourth-order valence-corrected chi connectivity index (χ4v) is 1.20. The van der Waals surface area contributed by atoms with E-state index in [-0.39, 0.29) is 6.10 Å². The van der Waals surface area contributed by atoms with Crippen molar-refractivity contribution < 1.29 is 4.84 Å². The fraction of sp³-hybridized carbons (Fsp3) is 0.364. The van der Waals surface area contributed by atoms with Gasteiger partial charge in [-0.1, -0.05) is 40.1 Å². The van der Waals surface area contributed by atoms with Crippen molar-refractivity contribution in [3.63, 3.8) is 0 Å². The fourth-order valence-electron chi connectivity index (χ4n) is 0.802. The summed E-state index contributed by atoms with van der Waals surface area (Å²) in [6, 6.07) is 7.75. The smallest absolute Gasteiger partial charge is 0.139 e. The molecule has 0 saturated heterocycles. The van der Waals surface area contributed by atoms with Crippen LogP contribution < -0.4 is 0 Å². The molecule has 1 unspecified atom stereocenters. The van der Waals surface area contributed by atoms with Gasteiger partial charge in [-0.2, -0.15) is 0 Å². The number of halogens is 1. The molecule has 1 atom stereocenters. The Hall–Kier alpha value is -0.830. The molecule has 0 N–H and O–H groups in total. The monoisotopic (exact) mass is 254 g/mol. The summed E-state index contributed by atoms with van der Waals surface area (Å²) in [6.45, 7) is 4.03. The van der Waals surface area contributed by atoms with Gasteiger partial charge in [0.1, 0.15) is 12.3 Å². The van der Waals surface area contributed by atoms with E-state index in [2.05, 4.69) is 34.2 Å². The van der Waals surface area contributed by atoms with Crippen molar-refractivity contribution >= 4 is 22.1 Å². The van der Waals surface area contributed by atoms with Crippen LogP contribution in [0.5, 0.6) is 0 Å². The maximum atomic E-state index is 5.13. The second-order valence-electron chi connectivity index (χ2n) is 3.04. The molecule has 2 nitrogen and oxygen atoms in total. The van der Waals surface area contributed by atoms with E-state index in [1.54, 1.807) is 0 Å². The minimum Gasteiger partial charge on any atom is -0.392 e. The zero-order valence-corrected chi connectivity index (χ0v) is 9.91. The van der Waals surface area contributed by atoms with Gasteiger partial charge in [0.15, 0.2) is 0 Å². The first kappa shape index (κ1) is 11.2. The van der Waals surface area contributed by atoms with E-state index in [0.29, 0.717) is 0 Å². The van der Waals surface area contributed by atoms with Gasteiger partial charge in [0, 0.05) is 10.0 Å². The molecular weight excluding hydrogens is 242 g/mol. The molecular formula is C11H13BrNO. The molecule has 1 rings (SSSR count). The standard InChI is InChI=1S/C11H13BrNO/c1-3-9(2)14-13-8-10-5-4-6-11(12)7-10/h4-7,9H,3H2,1-2H3. The van der Waals surface area contributed by atoms with Crippen LogP contribution >= 0.6 is 15.9 Å². The molecule has 0 aliphatic heterocycles. The lowest BCUT2D eigenvalue weighted by molar-refractivity contribution is 0.0712. The number of benzene rings is 1. The second-order valence-corrected chi connectivity index (χ2v) is 3.95. The summed E-state index contributed by atoms with van der Waals surface area (Å²) in [5.41, 5.74) is 0.905. The summed E-state index contributed by atoms with van der Waals surface area (Å²) in [7, 11) is 0. The molecule has 0 saturated carbocycles. The summed E-state index contributed by atoms with van der Waals surface area (Å²) in [4.78, 5) is 5.13. The highest BCUT2D eigenvalue weighted by Crippen LogP contribution is 2.10. The van der Waals surface area contributed by atoms with Crippen molar-refractivity contribution in [1.29, 1.82) is 0 Å². The van der Waals surface area contributed by atoms with Crippen LogP contribution in [0.4, 0.5) is 0 Å². The Bertz CT molecular complexity index is 312. The number of hydrogen-bond donors (Lipinski definition) is 0. The van der Waals surface area contributed by atoms with Crippen LogP contribution in [0.1, 0.15) is 25.8 Å². The van der Waals surface area contributed by atoms with Crippen LogP contribution in [0.3, 0.4) is 0 Å². The van der Waals surface area contributed by atoms with Crippen molar-refractivity contribution in [2.45, 2.75) is 26.4 Å². The molecule has 75 valence electrons. The highest BCUT2D eigenvalue weighted by Gasteiger charge is 1.95. The van der Waals surface area contributed by atoms with Gasteiger partial charge in [0.25, 0.3) is 0 Å². The third-order valence-electron chi connectivity index (χ3n) is 1.81. The maximum Gasteiger partial charge on any atom is 0.139 e. The maximum absolute atomic E-state index is 5.13. The Morgan fingerprint density at radius 3 is 3.00 bits per heavy atom. The summed E-state index contributed by atoms with van der Waals surface area (Å²) < 4.78 is 1.02. The number of nitrogens with zero attached hydrogens (tertiary/aromatic N) is 1. The average molecular weight is 255 g/mol. The lowest BCUT2D eigenvalue weighted by Gasteiger charge is -2.04. The minimum absolute atomic E-state index is 0.148. The van der Waals surface area contributed by atoms with Crippen molar-refractivity contribution in [2.75, 3.05) is 0 Å². The van der Waals surface area contributed by atoms with Gasteiger partial charge in [-0.05, 0) is 25.5 Å².